The summed E-state index contributed by atoms with van der Waals surface area (Å²) in [6, 6.07) is 0. The van der Waals surface area contributed by atoms with Crippen LogP contribution < -0.4 is 0 Å². The van der Waals surface area contributed by atoms with E-state index in [0.717, 1.165) is 0 Å². The molecule has 1 N–H and O–H groups in total. The smallest absolute Gasteiger partial charge is 0.386 e. The van der Waals surface area contributed by atoms with Gasteiger partial charge in [-0.25, -0.2) is 0 Å². The zero-order chi connectivity index (χ0) is 9.28. The Bertz CT molecular complexity index is 133. The van der Waals surface area contributed by atoms with Gasteiger partial charge >= 0.3 is 12.1 Å². The average Bonchev–Trinajstić information content (AvgIpc) is 1.83. The van der Waals surface area contributed by atoms with Gasteiger partial charge in [-0.1, -0.05) is 15.9 Å². The Kier molecular flexibility index (Phi) is 3.25. The largest absolute Gasteiger partial charge is 0.456 e. The van der Waals surface area contributed by atoms with Crippen LogP contribution in [-0.4, -0.2) is 28.6 Å². The van der Waals surface area contributed by atoms with E-state index in [1.54, 1.807) is 0 Å². The zero-order valence-electron chi connectivity index (χ0n) is 5.00. The molecule has 0 aliphatic heterocycles. The minimum atomic E-state index is -5.69. The fourth-order valence-electron chi connectivity index (χ4n) is 0.286. The summed E-state index contributed by atoms with van der Waals surface area (Å²) in [7, 11) is 0. The summed E-state index contributed by atoms with van der Waals surface area (Å²) in [6.07, 6.45) is -8.43. The fourth-order valence-corrected chi connectivity index (χ4v) is 0.692. The van der Waals surface area contributed by atoms with E-state index < -0.39 is 23.5 Å². The summed E-state index contributed by atoms with van der Waals surface area (Å²) >= 11 is 2.31. The Labute approximate surface area is 67.3 Å². The molecule has 0 aromatic heterocycles. The molecule has 0 bridgehead atoms. The van der Waals surface area contributed by atoms with E-state index in [-0.39, 0.29) is 0 Å². The van der Waals surface area contributed by atoms with Crippen molar-refractivity contribution in [2.75, 3.05) is 5.33 Å². The van der Waals surface area contributed by atoms with Crippen LogP contribution in [0.5, 0.6) is 0 Å². The highest BCUT2D eigenvalue weighted by Crippen LogP contribution is 2.38. The van der Waals surface area contributed by atoms with Crippen LogP contribution in [0.15, 0.2) is 0 Å². The van der Waals surface area contributed by atoms with Gasteiger partial charge in [0.2, 0.25) is 0 Å². The quantitative estimate of drug-likeness (QED) is 0.580. The van der Waals surface area contributed by atoms with Gasteiger partial charge in [-0.3, -0.25) is 0 Å². The number of hydrogen-bond donors (Lipinski definition) is 1. The van der Waals surface area contributed by atoms with Crippen LogP contribution in [0.25, 0.3) is 0 Å². The van der Waals surface area contributed by atoms with Gasteiger partial charge in [0.05, 0.1) is 0 Å². The second-order valence-electron chi connectivity index (χ2n) is 1.79. The Hall–Kier alpha value is 0.0900. The molecule has 0 rings (SSSR count). The van der Waals surface area contributed by atoms with Gasteiger partial charge in [0, 0.05) is 5.33 Å². The van der Waals surface area contributed by atoms with Crippen LogP contribution in [0, 0.1) is 0 Å². The number of rotatable bonds is 2. The summed E-state index contributed by atoms with van der Waals surface area (Å²) < 4.78 is 57.9. The summed E-state index contributed by atoms with van der Waals surface area (Å²) in [6.45, 7) is 0. The molecule has 68 valence electrons. The van der Waals surface area contributed by atoms with Gasteiger partial charge in [0.25, 0.3) is 0 Å². The lowest BCUT2D eigenvalue weighted by molar-refractivity contribution is -0.309. The molecular formula is C4H4BrF5O. The molecule has 0 saturated carbocycles. The molecule has 0 saturated heterocycles. The number of alkyl halides is 6. The van der Waals surface area contributed by atoms with E-state index in [1.807, 2.05) is 0 Å². The van der Waals surface area contributed by atoms with Gasteiger partial charge in [-0.15, -0.1) is 0 Å². The molecule has 0 amide bonds. The van der Waals surface area contributed by atoms with Crippen LogP contribution >= 0.6 is 15.9 Å². The molecule has 0 radical (unpaired) electrons. The third-order valence-corrected chi connectivity index (χ3v) is 1.56. The average molecular weight is 243 g/mol. The van der Waals surface area contributed by atoms with Crippen molar-refractivity contribution in [2.45, 2.75) is 18.2 Å². The molecule has 0 aliphatic rings. The number of halogens is 6. The van der Waals surface area contributed by atoms with Crippen LogP contribution in [0.3, 0.4) is 0 Å². The maximum atomic E-state index is 11.9. The third-order valence-electron chi connectivity index (χ3n) is 0.943. The van der Waals surface area contributed by atoms with Crippen LogP contribution in [0.2, 0.25) is 0 Å². The monoisotopic (exact) mass is 242 g/mol. The molecular weight excluding hydrogens is 239 g/mol. The molecule has 0 aromatic rings. The molecule has 0 aromatic carbocycles. The first-order valence-corrected chi connectivity index (χ1v) is 3.54. The molecule has 0 heterocycles. The summed E-state index contributed by atoms with van der Waals surface area (Å²) in [5.41, 5.74) is 0. The SMILES string of the molecule is OC(CBr)C(F)(F)C(F)(F)F. The van der Waals surface area contributed by atoms with Crippen LogP contribution in [0.4, 0.5) is 22.0 Å². The van der Waals surface area contributed by atoms with E-state index in [1.165, 1.54) is 0 Å². The van der Waals surface area contributed by atoms with E-state index in [2.05, 4.69) is 15.9 Å². The van der Waals surface area contributed by atoms with Crippen LogP contribution in [0.1, 0.15) is 0 Å². The molecule has 1 unspecified atom stereocenters. The highest BCUT2D eigenvalue weighted by Gasteiger charge is 2.61. The molecule has 11 heavy (non-hydrogen) atoms. The Morgan fingerprint density at radius 3 is 1.64 bits per heavy atom. The predicted octanol–water partition coefficient (Wildman–Crippen LogP) is 1.94. The van der Waals surface area contributed by atoms with Crippen molar-refractivity contribution < 1.29 is 27.1 Å². The Morgan fingerprint density at radius 1 is 1.18 bits per heavy atom. The Morgan fingerprint density at radius 2 is 1.55 bits per heavy atom. The second kappa shape index (κ2) is 3.22. The van der Waals surface area contributed by atoms with Gasteiger partial charge in [0.15, 0.2) is 0 Å². The summed E-state index contributed by atoms with van der Waals surface area (Å²) in [4.78, 5) is 0. The molecule has 0 aliphatic carbocycles. The van der Waals surface area contributed by atoms with Crippen molar-refractivity contribution in [1.82, 2.24) is 0 Å². The van der Waals surface area contributed by atoms with Gasteiger partial charge in [0.1, 0.15) is 6.10 Å². The van der Waals surface area contributed by atoms with E-state index in [0.29, 0.717) is 0 Å². The van der Waals surface area contributed by atoms with E-state index in [9.17, 15) is 22.0 Å². The highest BCUT2D eigenvalue weighted by molar-refractivity contribution is 9.09. The molecule has 7 heteroatoms. The number of hydrogen-bond acceptors (Lipinski definition) is 1. The van der Waals surface area contributed by atoms with Gasteiger partial charge in [-0.2, -0.15) is 22.0 Å². The lowest BCUT2D eigenvalue weighted by Gasteiger charge is -2.22. The lowest BCUT2D eigenvalue weighted by Crippen LogP contribution is -2.47. The number of aliphatic hydroxyl groups is 1. The van der Waals surface area contributed by atoms with Crippen molar-refractivity contribution in [3.05, 3.63) is 0 Å². The Balaban J connectivity index is 4.45. The minimum absolute atomic E-state index is 0.820. The lowest BCUT2D eigenvalue weighted by atomic mass is 10.2. The summed E-state index contributed by atoms with van der Waals surface area (Å²) in [5.74, 6) is -5.05. The zero-order valence-corrected chi connectivity index (χ0v) is 6.59. The van der Waals surface area contributed by atoms with Crippen molar-refractivity contribution in [2.24, 2.45) is 0 Å². The molecule has 1 nitrogen and oxygen atoms in total. The van der Waals surface area contributed by atoms with Gasteiger partial charge < -0.3 is 5.11 Å². The first-order valence-electron chi connectivity index (χ1n) is 2.42. The maximum Gasteiger partial charge on any atom is 0.456 e. The molecule has 0 spiro atoms. The van der Waals surface area contributed by atoms with Crippen molar-refractivity contribution in [3.63, 3.8) is 0 Å². The second-order valence-corrected chi connectivity index (χ2v) is 2.44. The predicted molar refractivity (Wildman–Crippen MR) is 30.8 cm³/mol. The highest BCUT2D eigenvalue weighted by atomic mass is 79.9. The standard InChI is InChI=1S/C4H4BrF5O/c5-1-2(11)3(6,7)4(8,9)10/h2,11H,1H2. The minimum Gasteiger partial charge on any atom is -0.386 e. The van der Waals surface area contributed by atoms with E-state index in [4.69, 9.17) is 5.11 Å². The summed E-state index contributed by atoms with van der Waals surface area (Å²) in [5, 5.41) is 7.38. The van der Waals surface area contributed by atoms with Crippen molar-refractivity contribution in [1.29, 1.82) is 0 Å². The molecule has 1 atom stereocenters. The van der Waals surface area contributed by atoms with Crippen LogP contribution in [-0.2, 0) is 0 Å². The number of aliphatic hydroxyl groups excluding tert-OH is 1. The van der Waals surface area contributed by atoms with Crippen molar-refractivity contribution in [3.8, 4) is 0 Å². The molecule has 0 fully saturated rings. The third kappa shape index (κ3) is 2.26. The first-order chi connectivity index (χ1) is 4.73. The van der Waals surface area contributed by atoms with E-state index >= 15 is 0 Å². The fraction of sp³-hybridized carbons (Fsp3) is 1.00. The maximum absolute atomic E-state index is 11.9. The van der Waals surface area contributed by atoms with Crippen molar-refractivity contribution >= 4 is 15.9 Å². The topological polar surface area (TPSA) is 20.2 Å². The first kappa shape index (κ1) is 11.1. The normalized spacial score (nSPS) is 16.6. The van der Waals surface area contributed by atoms with Gasteiger partial charge in [-0.05, 0) is 0 Å².